The maximum atomic E-state index is 15.2. The molecule has 4 saturated carbocycles. The summed E-state index contributed by atoms with van der Waals surface area (Å²) >= 11 is 0. The molecular weight excluding hydrogens is 1140 g/mol. The molecule has 0 bridgehead atoms. The van der Waals surface area contributed by atoms with Gasteiger partial charge in [-0.2, -0.15) is 0 Å². The van der Waals surface area contributed by atoms with Gasteiger partial charge in [-0.1, -0.05) is 53.2 Å². The molecule has 0 aromatic heterocycles. The maximum Gasteiger partial charge on any atom is 0.315 e. The Bertz CT molecular complexity index is 2400. The van der Waals surface area contributed by atoms with Crippen LogP contribution in [0.25, 0.3) is 0 Å². The van der Waals surface area contributed by atoms with E-state index in [4.69, 9.17) is 47.4 Å². The summed E-state index contributed by atoms with van der Waals surface area (Å²) in [6.45, 7) is 14.0. The van der Waals surface area contributed by atoms with Crippen molar-refractivity contribution in [2.24, 2.45) is 50.7 Å². The van der Waals surface area contributed by atoms with E-state index in [1.165, 1.54) is 6.92 Å². The van der Waals surface area contributed by atoms with E-state index in [0.29, 0.717) is 44.9 Å². The minimum absolute atomic E-state index is 0.0627. The molecule has 10 rings (SSSR count). The highest BCUT2D eigenvalue weighted by atomic mass is 16.8. The first-order valence-corrected chi connectivity index (χ1v) is 30.8. The summed E-state index contributed by atoms with van der Waals surface area (Å²) in [6.07, 6.45) is -32.2. The van der Waals surface area contributed by atoms with Crippen LogP contribution in [0, 0.1) is 50.7 Å². The Morgan fingerprint density at radius 3 is 1.77 bits per heavy atom. The largest absolute Gasteiger partial charge is 0.432 e. The van der Waals surface area contributed by atoms with Crippen LogP contribution < -0.4 is 0 Å². The predicted molar refractivity (Wildman–Crippen MR) is 289 cm³/mol. The van der Waals surface area contributed by atoms with Crippen molar-refractivity contribution in [3.05, 3.63) is 11.6 Å². The molecule has 34 atom stereocenters. The van der Waals surface area contributed by atoms with Crippen LogP contribution in [-0.2, 0) is 52.2 Å². The number of allylic oxidation sites excluding steroid dienone is 1. The van der Waals surface area contributed by atoms with Gasteiger partial charge in [0.1, 0.15) is 110 Å². The number of esters is 1. The van der Waals surface area contributed by atoms with Crippen LogP contribution in [0.15, 0.2) is 11.6 Å². The van der Waals surface area contributed by atoms with E-state index in [9.17, 15) is 81.7 Å². The monoisotopic (exact) mass is 1240 g/mol. The van der Waals surface area contributed by atoms with Gasteiger partial charge in [0, 0.05) is 5.92 Å². The fraction of sp³-hybridized carbons (Fsp3) is 0.949. The molecule has 86 heavy (non-hydrogen) atoms. The van der Waals surface area contributed by atoms with Crippen LogP contribution in [0.4, 0.5) is 0 Å². The van der Waals surface area contributed by atoms with Gasteiger partial charge in [-0.25, -0.2) is 0 Å². The summed E-state index contributed by atoms with van der Waals surface area (Å²) < 4.78 is 59.6. The van der Waals surface area contributed by atoms with E-state index >= 15 is 4.79 Å². The van der Waals surface area contributed by atoms with Gasteiger partial charge in [0.15, 0.2) is 25.2 Å². The standard InChI is InChI=1S/C59H96O27/c1-23-11-16-59(53(75)86-50-43(73)40(70)37(67)29(82-50)22-78-48-41(71)38(68)35(65)27(19-60)80-48)18-17-56(6)25(47(59)58(23,8)76)9-10-31-55(5)14-13-32(54(3,4)30(55)12-15-57(31,56)7)83-52-46(34(64)26(62)21-77-52)85-51-44(74)45(33(63)24(2)79-51)84-49-42(72)39(69)36(66)28(20-61)81-49/h9,23-24,26-52,60-74,76H,10-22H2,1-8H3/t23-,24+,26+,27-,28-,29-,30?,31?,32+,33+,34+,35-,36-,37-,38+,39+,40+,41-,42-,43-,44-,45-,46-,47-,48-,49+,50+,51+,52+,55+,56-,57-,58-,59+/m1/s1. The SMILES string of the molecule is C[C@@H]1O[C@@H](O[C@H]2[C@H](O[C@H]3CC[C@@]4(C)C(CC[C@]5(C)C4CC=C4[C@H]6[C@](C(=O)O[C@@H]7O[C@H](CO[C@@H]8O[C@H](CO)[C@@H](O)[C@H](O)[C@H]8O)[C@@H](O)[C@H](O)[C@H]7O)(CC[C@@H](C)[C@@]6(C)O)CC[C@]45C)C3(C)C)OC[C@H](O)[C@@H]2O)[C@H](O)[C@H](O[C@@H]2O[C@H](CO)[C@@H](O)[C@H](O)[C@H]2O)[C@H]1O. The first kappa shape index (κ1) is 67.1. The molecule has 0 amide bonds. The first-order valence-electron chi connectivity index (χ1n) is 30.8. The van der Waals surface area contributed by atoms with E-state index in [1.807, 2.05) is 6.92 Å². The zero-order chi connectivity index (χ0) is 62.9. The van der Waals surface area contributed by atoms with Crippen molar-refractivity contribution in [2.75, 3.05) is 26.4 Å². The fourth-order valence-corrected chi connectivity index (χ4v) is 17.8. The maximum absolute atomic E-state index is 15.2. The second-order valence-electron chi connectivity index (χ2n) is 28.3. The minimum Gasteiger partial charge on any atom is -0.432 e. The third-order valence-corrected chi connectivity index (χ3v) is 23.5. The molecule has 27 heteroatoms. The Balaban J connectivity index is 0.851. The molecule has 5 aliphatic heterocycles. The van der Waals surface area contributed by atoms with E-state index in [1.54, 1.807) is 6.92 Å². The van der Waals surface area contributed by atoms with Gasteiger partial charge in [-0.3, -0.25) is 4.79 Å². The number of hydrogen-bond acceptors (Lipinski definition) is 27. The average molecular weight is 1240 g/mol. The molecule has 5 heterocycles. The van der Waals surface area contributed by atoms with E-state index < -0.39 is 207 Å². The third kappa shape index (κ3) is 10.9. The number of ether oxygens (including phenoxy) is 10. The van der Waals surface area contributed by atoms with Crippen molar-refractivity contribution < 1.29 is 134 Å². The number of aliphatic hydroxyl groups excluding tert-OH is 15. The van der Waals surface area contributed by atoms with Crippen molar-refractivity contribution in [3.8, 4) is 0 Å². The number of fused-ring (bicyclic) bond motifs is 7. The summed E-state index contributed by atoms with van der Waals surface area (Å²) in [7, 11) is 0. The molecule has 2 unspecified atom stereocenters. The quantitative estimate of drug-likeness (QED) is 0.0482. The second kappa shape index (κ2) is 24.6. The lowest BCUT2D eigenvalue weighted by Gasteiger charge is -2.72. The highest BCUT2D eigenvalue weighted by Gasteiger charge is 2.72. The minimum atomic E-state index is -1.92. The Labute approximate surface area is 499 Å². The van der Waals surface area contributed by atoms with Crippen LogP contribution in [0.5, 0.6) is 0 Å². The van der Waals surface area contributed by atoms with Crippen molar-refractivity contribution in [1.82, 2.24) is 0 Å². The average Bonchev–Trinajstić information content (AvgIpc) is 0.691. The molecule has 0 radical (unpaired) electrons. The Morgan fingerprint density at radius 1 is 0.558 bits per heavy atom. The Kier molecular flexibility index (Phi) is 19.2. The molecule has 16 N–H and O–H groups in total. The molecular formula is C59H96O27. The summed E-state index contributed by atoms with van der Waals surface area (Å²) in [6, 6.07) is 0. The number of hydrogen-bond donors (Lipinski definition) is 16. The molecule has 0 spiro atoms. The second-order valence-corrected chi connectivity index (χ2v) is 28.3. The smallest absolute Gasteiger partial charge is 0.315 e. The van der Waals surface area contributed by atoms with Crippen molar-refractivity contribution in [1.29, 1.82) is 0 Å². The van der Waals surface area contributed by atoms with Crippen molar-refractivity contribution in [3.63, 3.8) is 0 Å². The van der Waals surface area contributed by atoms with Gasteiger partial charge in [-0.05, 0) is 111 Å². The van der Waals surface area contributed by atoms with Crippen LogP contribution in [-0.4, -0.2) is 273 Å². The van der Waals surface area contributed by atoms with Crippen LogP contribution in [0.1, 0.15) is 113 Å². The Hall–Kier alpha value is -1.79. The highest BCUT2D eigenvalue weighted by Crippen LogP contribution is 2.76. The summed E-state index contributed by atoms with van der Waals surface area (Å²) in [5, 5.41) is 174. The third-order valence-electron chi connectivity index (χ3n) is 23.5. The van der Waals surface area contributed by atoms with E-state index in [0.717, 1.165) is 18.4 Å². The number of carbonyl (C=O) groups is 1. The molecule has 494 valence electrons. The first-order chi connectivity index (χ1) is 40.2. The van der Waals surface area contributed by atoms with E-state index in [-0.39, 0.29) is 35.2 Å². The molecule has 9 fully saturated rings. The summed E-state index contributed by atoms with van der Waals surface area (Å²) in [5.74, 6) is -1.58. The number of aliphatic hydroxyl groups is 16. The lowest BCUT2D eigenvalue weighted by atomic mass is 9.33. The van der Waals surface area contributed by atoms with Crippen molar-refractivity contribution >= 4 is 5.97 Å². The van der Waals surface area contributed by atoms with Gasteiger partial charge in [-0.15, -0.1) is 0 Å². The van der Waals surface area contributed by atoms with Gasteiger partial charge in [0.25, 0.3) is 0 Å². The highest BCUT2D eigenvalue weighted by molar-refractivity contribution is 5.79. The molecule has 27 nitrogen and oxygen atoms in total. The molecule has 0 aromatic rings. The van der Waals surface area contributed by atoms with E-state index in [2.05, 4.69) is 40.7 Å². The molecule has 10 aliphatic rings. The molecule has 0 aromatic carbocycles. The predicted octanol–water partition coefficient (Wildman–Crippen LogP) is -3.57. The van der Waals surface area contributed by atoms with Gasteiger partial charge < -0.3 is 129 Å². The Morgan fingerprint density at radius 2 is 1.13 bits per heavy atom. The number of rotatable bonds is 13. The van der Waals surface area contributed by atoms with Crippen LogP contribution in [0.3, 0.4) is 0 Å². The number of carbonyl (C=O) groups excluding carboxylic acids is 1. The lowest BCUT2D eigenvalue weighted by Crippen LogP contribution is -2.68. The van der Waals surface area contributed by atoms with Crippen LogP contribution >= 0.6 is 0 Å². The summed E-state index contributed by atoms with van der Waals surface area (Å²) in [5.41, 5.74) is -3.51. The van der Waals surface area contributed by atoms with Gasteiger partial charge in [0.05, 0.1) is 49.7 Å². The topological polar surface area (TPSA) is 433 Å². The molecule has 5 saturated heterocycles. The van der Waals surface area contributed by atoms with Gasteiger partial charge in [0.2, 0.25) is 6.29 Å². The van der Waals surface area contributed by atoms with Crippen LogP contribution in [0.2, 0.25) is 0 Å². The van der Waals surface area contributed by atoms with Crippen molar-refractivity contribution in [2.45, 2.75) is 272 Å². The van der Waals surface area contributed by atoms with Gasteiger partial charge >= 0.3 is 5.97 Å². The normalized spacial score (nSPS) is 55.6. The fourth-order valence-electron chi connectivity index (χ4n) is 17.8. The zero-order valence-electron chi connectivity index (χ0n) is 50.2. The summed E-state index contributed by atoms with van der Waals surface area (Å²) in [4.78, 5) is 15.2. The lowest BCUT2D eigenvalue weighted by molar-refractivity contribution is -0.382. The zero-order valence-corrected chi connectivity index (χ0v) is 50.2. The molecule has 5 aliphatic carbocycles.